The molecule has 0 fully saturated rings. The zero-order valence-corrected chi connectivity index (χ0v) is 20.9. The Bertz CT molecular complexity index is 1930. The molecule has 0 radical (unpaired) electrons. The highest BCUT2D eigenvalue weighted by Gasteiger charge is 2.18. The van der Waals surface area contributed by atoms with Crippen LogP contribution in [0.3, 0.4) is 0 Å². The topological polar surface area (TPSA) is 51.8 Å². The molecule has 5 heteroatoms. The molecular formula is C33H20ClN3O. The second-order valence-electron chi connectivity index (χ2n) is 9.02. The van der Waals surface area contributed by atoms with Crippen LogP contribution in [0.5, 0.6) is 0 Å². The first-order valence-electron chi connectivity index (χ1n) is 12.3. The fraction of sp³-hybridized carbons (Fsp3) is 0. The maximum absolute atomic E-state index is 6.49. The molecular weight excluding hydrogens is 490 g/mol. The average molecular weight is 510 g/mol. The van der Waals surface area contributed by atoms with Crippen LogP contribution in [0.1, 0.15) is 0 Å². The summed E-state index contributed by atoms with van der Waals surface area (Å²) in [6.45, 7) is 0. The minimum atomic E-state index is 0.143. The van der Waals surface area contributed by atoms with Crippen LogP contribution < -0.4 is 0 Å². The average Bonchev–Trinajstić information content (AvgIpc) is 3.36. The summed E-state index contributed by atoms with van der Waals surface area (Å²) < 4.78 is 6.29. The summed E-state index contributed by atoms with van der Waals surface area (Å²) in [4.78, 5) is 14.0. The highest BCUT2D eigenvalue weighted by molar-refractivity contribution is 6.28. The molecule has 0 saturated carbocycles. The highest BCUT2D eigenvalue weighted by Crippen LogP contribution is 2.38. The molecule has 0 N–H and O–H groups in total. The lowest BCUT2D eigenvalue weighted by molar-refractivity contribution is 0.669. The van der Waals surface area contributed by atoms with E-state index >= 15 is 0 Å². The predicted molar refractivity (Wildman–Crippen MR) is 154 cm³/mol. The van der Waals surface area contributed by atoms with Crippen molar-refractivity contribution in [3.05, 3.63) is 127 Å². The summed E-state index contributed by atoms with van der Waals surface area (Å²) in [6.07, 6.45) is 0. The number of halogens is 1. The normalized spacial score (nSPS) is 11.3. The van der Waals surface area contributed by atoms with Gasteiger partial charge in [-0.3, -0.25) is 0 Å². The van der Waals surface area contributed by atoms with Gasteiger partial charge in [0.1, 0.15) is 11.2 Å². The van der Waals surface area contributed by atoms with Crippen LogP contribution in [-0.2, 0) is 0 Å². The van der Waals surface area contributed by atoms with Gasteiger partial charge in [-0.15, -0.1) is 0 Å². The number of hydrogen-bond donors (Lipinski definition) is 0. The van der Waals surface area contributed by atoms with Gasteiger partial charge in [-0.05, 0) is 52.1 Å². The first-order valence-corrected chi connectivity index (χ1v) is 12.7. The van der Waals surface area contributed by atoms with Crippen molar-refractivity contribution >= 4 is 33.5 Å². The van der Waals surface area contributed by atoms with Crippen LogP contribution in [0.4, 0.5) is 0 Å². The molecule has 0 unspecified atom stereocenters. The zero-order chi connectivity index (χ0) is 25.5. The molecule has 38 heavy (non-hydrogen) atoms. The molecule has 0 aliphatic carbocycles. The molecule has 0 amide bonds. The van der Waals surface area contributed by atoms with Crippen molar-refractivity contribution in [1.29, 1.82) is 0 Å². The van der Waals surface area contributed by atoms with Gasteiger partial charge in [-0.1, -0.05) is 103 Å². The number of aromatic nitrogens is 3. The van der Waals surface area contributed by atoms with Crippen molar-refractivity contribution in [3.8, 4) is 45.0 Å². The van der Waals surface area contributed by atoms with E-state index in [1.807, 2.05) is 72.8 Å². The van der Waals surface area contributed by atoms with Crippen molar-refractivity contribution in [1.82, 2.24) is 15.0 Å². The number of benzene rings is 5. The SMILES string of the molecule is Clc1nc(-c2ccccc2-c2ccccc2)nc(-c2cccc3oc4cc(-c5ccccc5)ccc4c23)n1. The van der Waals surface area contributed by atoms with Gasteiger partial charge in [0.25, 0.3) is 0 Å². The van der Waals surface area contributed by atoms with E-state index in [4.69, 9.17) is 21.0 Å². The maximum Gasteiger partial charge on any atom is 0.226 e. The fourth-order valence-corrected chi connectivity index (χ4v) is 5.12. The molecule has 2 aromatic heterocycles. The number of rotatable bonds is 4. The van der Waals surface area contributed by atoms with Crippen molar-refractivity contribution < 1.29 is 4.42 Å². The number of nitrogens with zero attached hydrogens (tertiary/aromatic N) is 3. The van der Waals surface area contributed by atoms with Gasteiger partial charge in [-0.25, -0.2) is 4.98 Å². The largest absolute Gasteiger partial charge is 0.456 e. The van der Waals surface area contributed by atoms with Gasteiger partial charge in [0.2, 0.25) is 5.28 Å². The van der Waals surface area contributed by atoms with Crippen LogP contribution >= 0.6 is 11.6 Å². The van der Waals surface area contributed by atoms with E-state index in [1.165, 1.54) is 0 Å². The molecule has 0 saturated heterocycles. The molecule has 0 bridgehead atoms. The Hall–Kier alpha value is -4.80. The van der Waals surface area contributed by atoms with E-state index < -0.39 is 0 Å². The van der Waals surface area contributed by atoms with Gasteiger partial charge in [0.05, 0.1) is 0 Å². The molecule has 0 atom stereocenters. The number of furan rings is 1. The molecule has 5 aromatic carbocycles. The van der Waals surface area contributed by atoms with Crippen LogP contribution in [0.25, 0.3) is 67.0 Å². The molecule has 0 spiro atoms. The van der Waals surface area contributed by atoms with Crippen LogP contribution in [0.2, 0.25) is 5.28 Å². The Morgan fingerprint density at radius 2 is 1.11 bits per heavy atom. The van der Waals surface area contributed by atoms with Crippen molar-refractivity contribution in [3.63, 3.8) is 0 Å². The highest BCUT2D eigenvalue weighted by atomic mass is 35.5. The van der Waals surface area contributed by atoms with E-state index in [9.17, 15) is 0 Å². The predicted octanol–water partition coefficient (Wildman–Crippen LogP) is 9.09. The minimum Gasteiger partial charge on any atom is -0.456 e. The van der Waals surface area contributed by atoms with E-state index in [2.05, 4.69) is 58.5 Å². The maximum atomic E-state index is 6.49. The molecule has 0 aliphatic heterocycles. The molecule has 7 aromatic rings. The Morgan fingerprint density at radius 3 is 1.87 bits per heavy atom. The molecule has 2 heterocycles. The third kappa shape index (κ3) is 3.92. The Kier molecular flexibility index (Phi) is 5.46. The number of fused-ring (bicyclic) bond motifs is 3. The van der Waals surface area contributed by atoms with Gasteiger partial charge < -0.3 is 4.42 Å². The van der Waals surface area contributed by atoms with Gasteiger partial charge in [0.15, 0.2) is 11.6 Å². The fourth-order valence-electron chi connectivity index (χ4n) is 4.96. The first kappa shape index (κ1) is 22.4. The second kappa shape index (κ2) is 9.25. The summed E-state index contributed by atoms with van der Waals surface area (Å²) in [7, 11) is 0. The molecule has 0 aliphatic rings. The smallest absolute Gasteiger partial charge is 0.226 e. The van der Waals surface area contributed by atoms with Crippen molar-refractivity contribution in [2.45, 2.75) is 0 Å². The summed E-state index contributed by atoms with van der Waals surface area (Å²) in [6, 6.07) is 40.7. The quantitative estimate of drug-likeness (QED) is 0.237. The summed E-state index contributed by atoms with van der Waals surface area (Å²) in [5.41, 5.74) is 7.66. The van der Waals surface area contributed by atoms with E-state index in [1.54, 1.807) is 0 Å². The van der Waals surface area contributed by atoms with Crippen molar-refractivity contribution in [2.75, 3.05) is 0 Å². The van der Waals surface area contributed by atoms with E-state index in [0.29, 0.717) is 11.6 Å². The second-order valence-corrected chi connectivity index (χ2v) is 9.36. The van der Waals surface area contributed by atoms with Gasteiger partial charge in [-0.2, -0.15) is 9.97 Å². The standard InChI is InChI=1S/C33H20ClN3O/c34-33-36-31(25-15-8-7-14-24(25)22-12-5-2-6-13-22)35-32(37-33)27-16-9-17-28-30(27)26-19-18-23(20-29(26)38-28)21-10-3-1-4-11-21/h1-20H. The van der Waals surface area contributed by atoms with Crippen molar-refractivity contribution in [2.24, 2.45) is 0 Å². The van der Waals surface area contributed by atoms with Crippen LogP contribution in [0, 0.1) is 0 Å². The third-order valence-corrected chi connectivity index (χ3v) is 6.88. The van der Waals surface area contributed by atoms with E-state index in [0.717, 1.165) is 55.3 Å². The Balaban J connectivity index is 1.40. The van der Waals surface area contributed by atoms with Gasteiger partial charge >= 0.3 is 0 Å². The van der Waals surface area contributed by atoms with Crippen LogP contribution in [-0.4, -0.2) is 15.0 Å². The van der Waals surface area contributed by atoms with E-state index in [-0.39, 0.29) is 5.28 Å². The summed E-state index contributed by atoms with van der Waals surface area (Å²) >= 11 is 6.49. The lowest BCUT2D eigenvalue weighted by Crippen LogP contribution is -1.98. The zero-order valence-electron chi connectivity index (χ0n) is 20.2. The third-order valence-electron chi connectivity index (χ3n) is 6.71. The monoisotopic (exact) mass is 509 g/mol. The first-order chi connectivity index (χ1) is 18.7. The lowest BCUT2D eigenvalue weighted by atomic mass is 9.99. The molecule has 4 nitrogen and oxygen atoms in total. The van der Waals surface area contributed by atoms with Gasteiger partial charge in [0, 0.05) is 21.9 Å². The number of hydrogen-bond acceptors (Lipinski definition) is 4. The summed E-state index contributed by atoms with van der Waals surface area (Å²) in [5.74, 6) is 1.03. The van der Waals surface area contributed by atoms with Crippen LogP contribution in [0.15, 0.2) is 126 Å². The lowest BCUT2D eigenvalue weighted by Gasteiger charge is -2.10. The Labute approximate surface area is 224 Å². The molecule has 180 valence electrons. The minimum absolute atomic E-state index is 0.143. The molecule has 7 rings (SSSR count). The Morgan fingerprint density at radius 1 is 0.474 bits per heavy atom. The summed E-state index contributed by atoms with van der Waals surface area (Å²) in [5, 5.41) is 2.09.